The van der Waals surface area contributed by atoms with Crippen molar-refractivity contribution in [1.82, 2.24) is 9.80 Å². The molecular formula is C11H24N2O. The minimum atomic E-state index is 0.270. The molecule has 1 N–H and O–H groups in total. The first-order valence-electron chi connectivity index (χ1n) is 5.59. The fraction of sp³-hybridized carbons (Fsp3) is 1.00. The second-order valence-electron chi connectivity index (χ2n) is 4.93. The van der Waals surface area contributed by atoms with Gasteiger partial charge in [0.05, 0.1) is 6.61 Å². The molecule has 0 aliphatic carbocycles. The molecule has 3 heteroatoms. The molecule has 1 saturated heterocycles. The first kappa shape index (κ1) is 12.0. The zero-order chi connectivity index (χ0) is 10.7. The van der Waals surface area contributed by atoms with Gasteiger partial charge in [0.1, 0.15) is 0 Å². The minimum Gasteiger partial charge on any atom is -0.395 e. The van der Waals surface area contributed by atoms with Crippen molar-refractivity contribution in [1.29, 1.82) is 0 Å². The third-order valence-electron chi connectivity index (χ3n) is 3.16. The molecule has 1 aliphatic heterocycles. The summed E-state index contributed by atoms with van der Waals surface area (Å²) in [4.78, 5) is 4.75. The summed E-state index contributed by atoms with van der Waals surface area (Å²) in [5.74, 6) is 0.693. The molecule has 84 valence electrons. The van der Waals surface area contributed by atoms with Crippen LogP contribution in [0.15, 0.2) is 0 Å². The average Bonchev–Trinajstić information content (AvgIpc) is 2.23. The van der Waals surface area contributed by atoms with E-state index >= 15 is 0 Å². The van der Waals surface area contributed by atoms with Crippen LogP contribution in [-0.2, 0) is 0 Å². The number of aliphatic hydroxyl groups excluding tert-OH is 1. The SMILES string of the molecule is CC1CN(C)C(CO)CN(C(C)C)C1. The molecule has 2 unspecified atom stereocenters. The molecule has 0 aromatic carbocycles. The predicted octanol–water partition coefficient (Wildman–Crippen LogP) is 0.639. The molecule has 0 aromatic heterocycles. The van der Waals surface area contributed by atoms with E-state index in [0.717, 1.165) is 19.6 Å². The fourth-order valence-electron chi connectivity index (χ4n) is 2.20. The van der Waals surface area contributed by atoms with Crippen molar-refractivity contribution in [2.45, 2.75) is 32.9 Å². The summed E-state index contributed by atoms with van der Waals surface area (Å²) in [6.07, 6.45) is 0. The van der Waals surface area contributed by atoms with Crippen LogP contribution in [0.4, 0.5) is 0 Å². The van der Waals surface area contributed by atoms with E-state index in [1.54, 1.807) is 0 Å². The van der Waals surface area contributed by atoms with Gasteiger partial charge in [-0.3, -0.25) is 9.80 Å². The van der Waals surface area contributed by atoms with Crippen LogP contribution >= 0.6 is 0 Å². The molecular weight excluding hydrogens is 176 g/mol. The summed E-state index contributed by atoms with van der Waals surface area (Å²) in [5, 5.41) is 9.30. The number of hydrogen-bond acceptors (Lipinski definition) is 3. The summed E-state index contributed by atoms with van der Waals surface area (Å²) >= 11 is 0. The summed E-state index contributed by atoms with van der Waals surface area (Å²) in [6, 6.07) is 0.889. The molecule has 0 saturated carbocycles. The Hall–Kier alpha value is -0.120. The lowest BCUT2D eigenvalue weighted by atomic mass is 10.1. The zero-order valence-electron chi connectivity index (χ0n) is 9.90. The summed E-state index contributed by atoms with van der Waals surface area (Å²) < 4.78 is 0. The Morgan fingerprint density at radius 1 is 1.29 bits per heavy atom. The number of nitrogens with zero attached hydrogens (tertiary/aromatic N) is 2. The van der Waals surface area contributed by atoms with E-state index < -0.39 is 0 Å². The van der Waals surface area contributed by atoms with Gasteiger partial charge in [0.2, 0.25) is 0 Å². The van der Waals surface area contributed by atoms with Gasteiger partial charge in [-0.1, -0.05) is 6.92 Å². The van der Waals surface area contributed by atoms with Crippen LogP contribution in [-0.4, -0.2) is 60.3 Å². The zero-order valence-corrected chi connectivity index (χ0v) is 9.90. The smallest absolute Gasteiger partial charge is 0.0599 e. The Morgan fingerprint density at radius 3 is 2.43 bits per heavy atom. The van der Waals surface area contributed by atoms with E-state index in [0.29, 0.717) is 18.0 Å². The Bertz CT molecular complexity index is 173. The van der Waals surface area contributed by atoms with Gasteiger partial charge in [-0.2, -0.15) is 0 Å². The highest BCUT2D eigenvalue weighted by atomic mass is 16.3. The van der Waals surface area contributed by atoms with Crippen molar-refractivity contribution >= 4 is 0 Å². The van der Waals surface area contributed by atoms with Crippen molar-refractivity contribution < 1.29 is 5.11 Å². The molecule has 0 bridgehead atoms. The number of hydrogen-bond donors (Lipinski definition) is 1. The Balaban J connectivity index is 2.64. The molecule has 14 heavy (non-hydrogen) atoms. The molecule has 0 spiro atoms. The third-order valence-corrected chi connectivity index (χ3v) is 3.16. The van der Waals surface area contributed by atoms with Gasteiger partial charge in [0, 0.05) is 31.7 Å². The molecule has 2 atom stereocenters. The van der Waals surface area contributed by atoms with E-state index in [-0.39, 0.29) is 6.61 Å². The topological polar surface area (TPSA) is 26.7 Å². The standard InChI is InChI=1S/C11H24N2O/c1-9(2)13-6-10(3)5-12(4)11(7-13)8-14/h9-11,14H,5-8H2,1-4H3. The van der Waals surface area contributed by atoms with E-state index in [1.165, 1.54) is 0 Å². The molecule has 1 heterocycles. The third kappa shape index (κ3) is 2.94. The average molecular weight is 200 g/mol. The van der Waals surface area contributed by atoms with Crippen LogP contribution in [0.3, 0.4) is 0 Å². The number of aliphatic hydroxyl groups is 1. The van der Waals surface area contributed by atoms with E-state index in [1.807, 2.05) is 0 Å². The lowest BCUT2D eigenvalue weighted by molar-refractivity contribution is 0.121. The van der Waals surface area contributed by atoms with Crippen LogP contribution in [0.2, 0.25) is 0 Å². The number of rotatable bonds is 2. The Labute approximate surface area is 87.7 Å². The highest BCUT2D eigenvalue weighted by Gasteiger charge is 2.26. The summed E-state index contributed by atoms with van der Waals surface area (Å²) in [5.41, 5.74) is 0. The fourth-order valence-corrected chi connectivity index (χ4v) is 2.20. The normalized spacial score (nSPS) is 32.1. The van der Waals surface area contributed by atoms with Gasteiger partial charge in [-0.05, 0) is 26.8 Å². The predicted molar refractivity (Wildman–Crippen MR) is 59.4 cm³/mol. The lowest BCUT2D eigenvalue weighted by Gasteiger charge is -2.29. The molecule has 0 radical (unpaired) electrons. The Kier molecular flexibility index (Phi) is 4.35. The van der Waals surface area contributed by atoms with Crippen molar-refractivity contribution in [2.75, 3.05) is 33.3 Å². The highest BCUT2D eigenvalue weighted by Crippen LogP contribution is 2.14. The van der Waals surface area contributed by atoms with Crippen LogP contribution in [0.5, 0.6) is 0 Å². The van der Waals surface area contributed by atoms with Crippen molar-refractivity contribution in [3.05, 3.63) is 0 Å². The monoisotopic (exact) mass is 200 g/mol. The molecule has 1 aliphatic rings. The maximum atomic E-state index is 9.30. The maximum absolute atomic E-state index is 9.30. The van der Waals surface area contributed by atoms with Crippen LogP contribution < -0.4 is 0 Å². The second-order valence-corrected chi connectivity index (χ2v) is 4.93. The molecule has 0 aromatic rings. The molecule has 0 amide bonds. The van der Waals surface area contributed by atoms with Crippen LogP contribution in [0, 0.1) is 5.92 Å². The first-order valence-corrected chi connectivity index (χ1v) is 5.59. The molecule has 1 fully saturated rings. The van der Waals surface area contributed by atoms with Gasteiger partial charge in [0.25, 0.3) is 0 Å². The largest absolute Gasteiger partial charge is 0.395 e. The second kappa shape index (κ2) is 5.10. The maximum Gasteiger partial charge on any atom is 0.0599 e. The van der Waals surface area contributed by atoms with Crippen LogP contribution in [0.25, 0.3) is 0 Å². The van der Waals surface area contributed by atoms with E-state index in [2.05, 4.69) is 37.6 Å². The highest BCUT2D eigenvalue weighted by molar-refractivity contribution is 4.81. The molecule has 1 rings (SSSR count). The van der Waals surface area contributed by atoms with Crippen LogP contribution in [0.1, 0.15) is 20.8 Å². The molecule has 3 nitrogen and oxygen atoms in total. The van der Waals surface area contributed by atoms with Gasteiger partial charge >= 0.3 is 0 Å². The first-order chi connectivity index (χ1) is 6.54. The van der Waals surface area contributed by atoms with E-state index in [9.17, 15) is 5.11 Å². The van der Waals surface area contributed by atoms with Gasteiger partial charge in [-0.25, -0.2) is 0 Å². The van der Waals surface area contributed by atoms with E-state index in [4.69, 9.17) is 0 Å². The summed E-state index contributed by atoms with van der Waals surface area (Å²) in [6.45, 7) is 10.2. The van der Waals surface area contributed by atoms with Crippen molar-refractivity contribution in [3.63, 3.8) is 0 Å². The van der Waals surface area contributed by atoms with Gasteiger partial charge in [0.15, 0.2) is 0 Å². The van der Waals surface area contributed by atoms with Crippen molar-refractivity contribution in [2.24, 2.45) is 5.92 Å². The Morgan fingerprint density at radius 2 is 1.93 bits per heavy atom. The van der Waals surface area contributed by atoms with Crippen molar-refractivity contribution in [3.8, 4) is 0 Å². The lowest BCUT2D eigenvalue weighted by Crippen LogP contribution is -2.43. The number of likely N-dealkylation sites (N-methyl/N-ethyl adjacent to an activating group) is 1. The quantitative estimate of drug-likeness (QED) is 0.708. The minimum absolute atomic E-state index is 0.270. The van der Waals surface area contributed by atoms with Gasteiger partial charge < -0.3 is 5.11 Å². The van der Waals surface area contributed by atoms with Gasteiger partial charge in [-0.15, -0.1) is 0 Å². The summed E-state index contributed by atoms with van der Waals surface area (Å²) in [7, 11) is 2.11.